The Morgan fingerprint density at radius 1 is 1.21 bits per heavy atom. The molecule has 0 heterocycles. The lowest BCUT2D eigenvalue weighted by atomic mass is 9.96. The van der Waals surface area contributed by atoms with Crippen LogP contribution in [0.15, 0.2) is 24.3 Å². The number of benzene rings is 1. The molecule has 1 amide bonds. The minimum atomic E-state index is -0.911. The van der Waals surface area contributed by atoms with E-state index in [1.807, 2.05) is 0 Å². The van der Waals surface area contributed by atoms with Crippen LogP contribution in [0.5, 0.6) is 0 Å². The zero-order chi connectivity index (χ0) is 14.4. The molecule has 1 unspecified atom stereocenters. The van der Waals surface area contributed by atoms with Crippen molar-refractivity contribution >= 4 is 11.9 Å². The summed E-state index contributed by atoms with van der Waals surface area (Å²) in [5.41, 5.74) is 1.17. The third-order valence-electron chi connectivity index (χ3n) is 3.00. The Hall–Kier alpha value is -1.88. The summed E-state index contributed by atoms with van der Waals surface area (Å²) in [5, 5.41) is 20.5. The highest BCUT2D eigenvalue weighted by atomic mass is 16.4. The van der Waals surface area contributed by atoms with Crippen LogP contribution in [0.4, 0.5) is 0 Å². The molecule has 1 atom stereocenters. The van der Waals surface area contributed by atoms with Crippen LogP contribution in [0.2, 0.25) is 0 Å². The Balaban J connectivity index is 2.61. The molecule has 0 fully saturated rings. The summed E-state index contributed by atoms with van der Waals surface area (Å²) in [4.78, 5) is 22.8. The molecule has 0 aromatic heterocycles. The summed E-state index contributed by atoms with van der Waals surface area (Å²) in [6.45, 7) is 3.64. The number of hydrogen-bond donors (Lipinski definition) is 3. The highest BCUT2D eigenvalue weighted by molar-refractivity contribution is 5.94. The molecule has 0 saturated carbocycles. The van der Waals surface area contributed by atoms with E-state index in [1.165, 1.54) is 0 Å². The number of carbonyl (C=O) groups is 2. The van der Waals surface area contributed by atoms with Crippen LogP contribution < -0.4 is 5.32 Å². The second-order valence-electron chi connectivity index (χ2n) is 4.75. The SMILES string of the molecule is CC(C)C(CNC(=O)c1ccc(CO)cc1)C(=O)O. The van der Waals surface area contributed by atoms with Gasteiger partial charge in [0.25, 0.3) is 5.91 Å². The molecule has 1 aromatic carbocycles. The van der Waals surface area contributed by atoms with E-state index >= 15 is 0 Å². The summed E-state index contributed by atoms with van der Waals surface area (Å²) < 4.78 is 0. The quantitative estimate of drug-likeness (QED) is 0.723. The van der Waals surface area contributed by atoms with Crippen molar-refractivity contribution in [2.45, 2.75) is 20.5 Å². The molecule has 3 N–H and O–H groups in total. The third kappa shape index (κ3) is 4.37. The lowest BCUT2D eigenvalue weighted by Gasteiger charge is -2.16. The fraction of sp³-hybridized carbons (Fsp3) is 0.429. The van der Waals surface area contributed by atoms with Crippen LogP contribution in [0.25, 0.3) is 0 Å². The van der Waals surface area contributed by atoms with Crippen molar-refractivity contribution in [1.82, 2.24) is 5.32 Å². The summed E-state index contributed by atoms with van der Waals surface area (Å²) in [7, 11) is 0. The van der Waals surface area contributed by atoms with Crippen molar-refractivity contribution in [2.75, 3.05) is 6.54 Å². The maximum atomic E-state index is 11.8. The number of nitrogens with one attached hydrogen (secondary N) is 1. The highest BCUT2D eigenvalue weighted by Gasteiger charge is 2.22. The van der Waals surface area contributed by atoms with E-state index < -0.39 is 11.9 Å². The second-order valence-corrected chi connectivity index (χ2v) is 4.75. The number of carboxylic acid groups (broad SMARTS) is 1. The van der Waals surface area contributed by atoms with Gasteiger partial charge in [-0.25, -0.2) is 0 Å². The number of aliphatic hydroxyl groups is 1. The molecule has 0 aliphatic rings. The topological polar surface area (TPSA) is 86.6 Å². The van der Waals surface area contributed by atoms with Gasteiger partial charge in [0, 0.05) is 12.1 Å². The van der Waals surface area contributed by atoms with Crippen molar-refractivity contribution in [1.29, 1.82) is 0 Å². The molecular weight excluding hydrogens is 246 g/mol. The number of hydrogen-bond acceptors (Lipinski definition) is 3. The number of aliphatic carboxylic acids is 1. The fourth-order valence-electron chi connectivity index (χ4n) is 1.67. The Labute approximate surface area is 112 Å². The molecule has 1 rings (SSSR count). The number of carboxylic acids is 1. The predicted molar refractivity (Wildman–Crippen MR) is 70.7 cm³/mol. The Morgan fingerprint density at radius 2 is 1.79 bits per heavy atom. The molecule has 0 saturated heterocycles. The Bertz CT molecular complexity index is 439. The van der Waals surface area contributed by atoms with E-state index in [-0.39, 0.29) is 25.0 Å². The average Bonchev–Trinajstić information content (AvgIpc) is 2.38. The minimum absolute atomic E-state index is 0.0467. The maximum absolute atomic E-state index is 11.8. The van der Waals surface area contributed by atoms with Crippen LogP contribution in [0, 0.1) is 11.8 Å². The van der Waals surface area contributed by atoms with Gasteiger partial charge in [-0.3, -0.25) is 9.59 Å². The number of amides is 1. The van der Waals surface area contributed by atoms with Crippen molar-refractivity contribution in [3.8, 4) is 0 Å². The van der Waals surface area contributed by atoms with Gasteiger partial charge in [-0.05, 0) is 23.6 Å². The first-order chi connectivity index (χ1) is 8.95. The monoisotopic (exact) mass is 265 g/mol. The molecule has 0 aliphatic heterocycles. The van der Waals surface area contributed by atoms with Crippen LogP contribution >= 0.6 is 0 Å². The first-order valence-electron chi connectivity index (χ1n) is 6.16. The van der Waals surface area contributed by atoms with Gasteiger partial charge in [-0.15, -0.1) is 0 Å². The predicted octanol–water partition coefficient (Wildman–Crippen LogP) is 1.27. The molecule has 19 heavy (non-hydrogen) atoms. The summed E-state index contributed by atoms with van der Waals surface area (Å²) in [6.07, 6.45) is 0. The van der Waals surface area contributed by atoms with E-state index in [0.717, 1.165) is 5.56 Å². The molecule has 0 aliphatic carbocycles. The van der Waals surface area contributed by atoms with Gasteiger partial charge in [0.15, 0.2) is 0 Å². The van der Waals surface area contributed by atoms with E-state index in [2.05, 4.69) is 5.32 Å². The van der Waals surface area contributed by atoms with Crippen molar-refractivity contribution < 1.29 is 19.8 Å². The standard InChI is InChI=1S/C14H19NO4/c1-9(2)12(14(18)19)7-15-13(17)11-5-3-10(8-16)4-6-11/h3-6,9,12,16H,7-8H2,1-2H3,(H,15,17)(H,18,19). The van der Waals surface area contributed by atoms with Crippen LogP contribution in [-0.4, -0.2) is 28.6 Å². The van der Waals surface area contributed by atoms with Crippen LogP contribution in [-0.2, 0) is 11.4 Å². The van der Waals surface area contributed by atoms with Gasteiger partial charge in [-0.2, -0.15) is 0 Å². The number of aliphatic hydroxyl groups excluding tert-OH is 1. The lowest BCUT2D eigenvalue weighted by Crippen LogP contribution is -2.35. The first kappa shape index (κ1) is 15.2. The first-order valence-corrected chi connectivity index (χ1v) is 6.16. The molecule has 1 aromatic rings. The smallest absolute Gasteiger partial charge is 0.308 e. The number of rotatable bonds is 6. The molecule has 0 spiro atoms. The van der Waals surface area contributed by atoms with E-state index in [1.54, 1.807) is 38.1 Å². The molecule has 0 radical (unpaired) electrons. The van der Waals surface area contributed by atoms with Crippen molar-refractivity contribution in [3.05, 3.63) is 35.4 Å². The average molecular weight is 265 g/mol. The zero-order valence-electron chi connectivity index (χ0n) is 11.1. The molecule has 5 heteroatoms. The van der Waals surface area contributed by atoms with E-state index in [9.17, 15) is 9.59 Å². The van der Waals surface area contributed by atoms with Gasteiger partial charge in [0.1, 0.15) is 0 Å². The van der Waals surface area contributed by atoms with Crippen molar-refractivity contribution in [2.24, 2.45) is 11.8 Å². The Kier molecular flexibility index (Phi) is 5.51. The molecule has 104 valence electrons. The van der Waals surface area contributed by atoms with Gasteiger partial charge < -0.3 is 15.5 Å². The largest absolute Gasteiger partial charge is 0.481 e. The van der Waals surface area contributed by atoms with Crippen LogP contribution in [0.1, 0.15) is 29.8 Å². The maximum Gasteiger partial charge on any atom is 0.308 e. The second kappa shape index (κ2) is 6.89. The van der Waals surface area contributed by atoms with Crippen molar-refractivity contribution in [3.63, 3.8) is 0 Å². The summed E-state index contributed by atoms with van der Waals surface area (Å²) in [5.74, 6) is -1.86. The third-order valence-corrected chi connectivity index (χ3v) is 3.00. The van der Waals surface area contributed by atoms with E-state index in [0.29, 0.717) is 5.56 Å². The molecular formula is C14H19NO4. The minimum Gasteiger partial charge on any atom is -0.481 e. The lowest BCUT2D eigenvalue weighted by molar-refractivity contribution is -0.142. The summed E-state index contributed by atoms with van der Waals surface area (Å²) in [6, 6.07) is 6.52. The Morgan fingerprint density at radius 3 is 2.21 bits per heavy atom. The van der Waals surface area contributed by atoms with Gasteiger partial charge in [-0.1, -0.05) is 26.0 Å². The summed E-state index contributed by atoms with van der Waals surface area (Å²) >= 11 is 0. The van der Waals surface area contributed by atoms with Gasteiger partial charge in [0.05, 0.1) is 12.5 Å². The zero-order valence-corrected chi connectivity index (χ0v) is 11.1. The van der Waals surface area contributed by atoms with Gasteiger partial charge in [0.2, 0.25) is 0 Å². The van der Waals surface area contributed by atoms with Gasteiger partial charge >= 0.3 is 5.97 Å². The normalized spacial score (nSPS) is 12.2. The van der Waals surface area contributed by atoms with E-state index in [4.69, 9.17) is 10.2 Å². The molecule has 5 nitrogen and oxygen atoms in total. The number of carbonyl (C=O) groups excluding carboxylic acids is 1. The molecule has 0 bridgehead atoms. The highest BCUT2D eigenvalue weighted by Crippen LogP contribution is 2.10. The fourth-order valence-corrected chi connectivity index (χ4v) is 1.67. The van der Waals surface area contributed by atoms with Crippen LogP contribution in [0.3, 0.4) is 0 Å².